The van der Waals surface area contributed by atoms with E-state index < -0.39 is 0 Å². The van der Waals surface area contributed by atoms with Crippen LogP contribution in [0.25, 0.3) is 49.9 Å². The Labute approximate surface area is 426 Å². The van der Waals surface area contributed by atoms with E-state index in [0.717, 1.165) is 39.2 Å². The van der Waals surface area contributed by atoms with Gasteiger partial charge in [0.15, 0.2) is 0 Å². The molecule has 0 N–H and O–H groups in total. The third-order valence-corrected chi connectivity index (χ3v) is 13.6. The first-order valence-electron chi connectivity index (χ1n) is 24.4. The maximum Gasteiger partial charge on any atom is 0.136 e. The van der Waals surface area contributed by atoms with E-state index in [1.807, 2.05) is 24.4 Å². The van der Waals surface area contributed by atoms with Crippen molar-refractivity contribution >= 4 is 33.2 Å². The molecule has 0 bridgehead atoms. The van der Waals surface area contributed by atoms with Crippen molar-refractivity contribution in [3.63, 3.8) is 0 Å². The van der Waals surface area contributed by atoms with Gasteiger partial charge < -0.3 is 19.1 Å². The summed E-state index contributed by atoms with van der Waals surface area (Å²) in [5, 5.41) is 2.32. The van der Waals surface area contributed by atoms with Gasteiger partial charge in [0.2, 0.25) is 0 Å². The zero-order valence-electron chi connectivity index (χ0n) is 42.9. The number of anilines is 2. The van der Waals surface area contributed by atoms with Crippen LogP contribution in [0.15, 0.2) is 128 Å². The molecule has 8 aromatic rings. The molecular weight excluding hydrogens is 1020 g/mol. The average molecular weight is 1090 g/mol. The van der Waals surface area contributed by atoms with E-state index in [1.165, 1.54) is 61.0 Å². The van der Waals surface area contributed by atoms with Gasteiger partial charge in [0.1, 0.15) is 5.82 Å². The molecule has 2 aromatic heterocycles. The summed E-state index contributed by atoms with van der Waals surface area (Å²) < 4.78 is 8.93. The minimum atomic E-state index is -0.0882. The number of rotatable bonds is 10. The average Bonchev–Trinajstić information content (AvgIpc) is 3.92. The summed E-state index contributed by atoms with van der Waals surface area (Å²) in [4.78, 5) is 9.31. The monoisotopic (exact) mass is 1090 g/mol. The van der Waals surface area contributed by atoms with Gasteiger partial charge in [-0.05, 0) is 152 Å². The fraction of sp³-hybridized carbons (Fsp3) is 0.302. The molecule has 0 radical (unpaired) electrons. The van der Waals surface area contributed by atoms with Crippen molar-refractivity contribution in [2.45, 2.75) is 126 Å². The van der Waals surface area contributed by atoms with Gasteiger partial charge in [-0.3, -0.25) is 0 Å². The first-order chi connectivity index (χ1) is 32.3. The third kappa shape index (κ3) is 9.70. The Kier molecular flexibility index (Phi) is 13.7. The molecule has 0 aliphatic carbocycles. The van der Waals surface area contributed by atoms with Gasteiger partial charge >= 0.3 is 0 Å². The Morgan fingerprint density at radius 1 is 0.609 bits per heavy atom. The molecule has 5 nitrogen and oxygen atoms in total. The SMILES string of the molecule is Cc1cc(C(C)(C)C)cc(C)c1-c1ccnc(-n2c3[c-]c(Oc4[c-]c(N5C=CN(c6cccc(-c7c(C(C)C)cc(C(C)C)cc7C(C)C)c6)[CH-]5)ccc4)ccc3c3c(C(C)(C)C)cccc32)c1.[Pt]. The minimum absolute atomic E-state index is 0. The maximum absolute atomic E-state index is 6.67. The number of fused-ring (bicyclic) bond motifs is 3. The Hall–Kier alpha value is -5.90. The molecule has 0 fully saturated rings. The topological polar surface area (TPSA) is 33.5 Å². The van der Waals surface area contributed by atoms with Crippen molar-refractivity contribution < 1.29 is 25.8 Å². The second kappa shape index (κ2) is 19.1. The maximum atomic E-state index is 6.67. The molecule has 0 unspecified atom stereocenters. The van der Waals surface area contributed by atoms with Gasteiger partial charge in [0.05, 0.1) is 0 Å². The molecule has 9 rings (SSSR count). The van der Waals surface area contributed by atoms with Crippen molar-refractivity contribution in [3.05, 3.63) is 186 Å². The number of aromatic nitrogens is 2. The molecule has 0 spiro atoms. The second-order valence-corrected chi connectivity index (χ2v) is 21.8. The van der Waals surface area contributed by atoms with Crippen molar-refractivity contribution in [3.8, 4) is 39.6 Å². The minimum Gasteiger partial charge on any atom is -0.509 e. The van der Waals surface area contributed by atoms with E-state index in [1.54, 1.807) is 0 Å². The van der Waals surface area contributed by atoms with E-state index in [0.29, 0.717) is 29.3 Å². The van der Waals surface area contributed by atoms with Crippen LogP contribution in [0.1, 0.15) is 140 Å². The van der Waals surface area contributed by atoms with Gasteiger partial charge in [-0.1, -0.05) is 137 Å². The number of benzene rings is 6. The van der Waals surface area contributed by atoms with Gasteiger partial charge in [-0.25, -0.2) is 4.98 Å². The summed E-state index contributed by atoms with van der Waals surface area (Å²) in [5.74, 6) is 3.33. The van der Waals surface area contributed by atoms with Crippen molar-refractivity contribution in [2.24, 2.45) is 0 Å². The third-order valence-electron chi connectivity index (χ3n) is 13.6. The molecule has 6 aromatic carbocycles. The second-order valence-electron chi connectivity index (χ2n) is 21.8. The Morgan fingerprint density at radius 2 is 1.25 bits per heavy atom. The van der Waals surface area contributed by atoms with Gasteiger partial charge in [-0.15, -0.1) is 48.1 Å². The van der Waals surface area contributed by atoms with Crippen LogP contribution in [0.2, 0.25) is 0 Å². The van der Waals surface area contributed by atoms with Crippen molar-refractivity contribution in [1.82, 2.24) is 9.55 Å². The standard InChI is InChI=1S/C63H67N4O.Pt/c1-39(2)46-33-53(40(3)4)60(54(34-46)41(5)6)44-18-15-19-48(32-44)65-28-29-66(38-65)49-20-16-21-50(36-49)68-51-24-25-52-57(37-51)67(56-23-17-22-55(61(52)56)63(12,13)14)58-35-45(26-27-64-58)59-42(7)30-47(31-43(59)8)62(9,10)11;/h15-35,38-41H,1-14H3;/q-3;. The van der Waals surface area contributed by atoms with Gasteiger partial charge in [0, 0.05) is 50.0 Å². The molecule has 0 saturated carbocycles. The number of pyridine rings is 1. The van der Waals surface area contributed by atoms with E-state index in [2.05, 4.69) is 233 Å². The predicted octanol–water partition coefficient (Wildman–Crippen LogP) is 17.4. The van der Waals surface area contributed by atoms with Crippen LogP contribution in [-0.4, -0.2) is 9.55 Å². The van der Waals surface area contributed by atoms with Gasteiger partial charge in [0.25, 0.3) is 0 Å². The summed E-state index contributed by atoms with van der Waals surface area (Å²) in [5.41, 5.74) is 18.3. The molecule has 0 amide bonds. The number of aryl methyl sites for hydroxylation is 2. The molecule has 6 heteroatoms. The fourth-order valence-corrected chi connectivity index (χ4v) is 9.97. The number of ether oxygens (including phenoxy) is 1. The number of hydrogen-bond acceptors (Lipinski definition) is 4. The largest absolute Gasteiger partial charge is 0.509 e. The summed E-state index contributed by atoms with van der Waals surface area (Å²) in [7, 11) is 0. The van der Waals surface area contributed by atoms with Crippen LogP contribution in [0.4, 0.5) is 11.4 Å². The van der Waals surface area contributed by atoms with Crippen LogP contribution in [0, 0.1) is 32.6 Å². The van der Waals surface area contributed by atoms with Crippen molar-refractivity contribution in [2.75, 3.05) is 9.80 Å². The summed E-state index contributed by atoms with van der Waals surface area (Å²) >= 11 is 0. The Balaban J connectivity index is 0.00000642. The summed E-state index contributed by atoms with van der Waals surface area (Å²) in [6.07, 6.45) is 6.12. The summed E-state index contributed by atoms with van der Waals surface area (Å²) in [6, 6.07) is 47.0. The van der Waals surface area contributed by atoms with Crippen molar-refractivity contribution in [1.29, 1.82) is 0 Å². The molecule has 358 valence electrons. The van der Waals surface area contributed by atoms with Crippen LogP contribution in [-0.2, 0) is 31.9 Å². The molecule has 3 heterocycles. The molecule has 0 atom stereocenters. The van der Waals surface area contributed by atoms with E-state index in [4.69, 9.17) is 9.72 Å². The van der Waals surface area contributed by atoms with Crippen LogP contribution >= 0.6 is 0 Å². The summed E-state index contributed by atoms with van der Waals surface area (Å²) in [6.45, 7) is 34.0. The zero-order chi connectivity index (χ0) is 48.4. The quantitative estimate of drug-likeness (QED) is 0.128. The number of nitrogens with zero attached hydrogens (tertiary/aromatic N) is 4. The number of hydrogen-bond donors (Lipinski definition) is 0. The predicted molar refractivity (Wildman–Crippen MR) is 288 cm³/mol. The molecule has 0 saturated heterocycles. The van der Waals surface area contributed by atoms with E-state index >= 15 is 0 Å². The smallest absolute Gasteiger partial charge is 0.136 e. The Morgan fingerprint density at radius 3 is 1.90 bits per heavy atom. The molecule has 1 aliphatic rings. The zero-order valence-corrected chi connectivity index (χ0v) is 45.2. The fourth-order valence-electron chi connectivity index (χ4n) is 9.97. The van der Waals surface area contributed by atoms with E-state index in [9.17, 15) is 0 Å². The van der Waals surface area contributed by atoms with Gasteiger partial charge in [-0.2, -0.15) is 12.1 Å². The normalized spacial score (nSPS) is 13.2. The molecule has 69 heavy (non-hydrogen) atoms. The first kappa shape index (κ1) is 49.5. The van der Waals surface area contributed by atoms with Crippen LogP contribution < -0.4 is 14.5 Å². The molecule has 1 aliphatic heterocycles. The molecular formula is C63H67N4OPt-3. The van der Waals surface area contributed by atoms with Crippen LogP contribution in [0.3, 0.4) is 0 Å². The van der Waals surface area contributed by atoms with Crippen LogP contribution in [0.5, 0.6) is 11.5 Å². The Bertz CT molecular complexity index is 3180. The first-order valence-corrected chi connectivity index (χ1v) is 24.4. The van der Waals surface area contributed by atoms with E-state index in [-0.39, 0.29) is 31.9 Å².